The van der Waals surface area contributed by atoms with E-state index < -0.39 is 28.0 Å². The first-order valence-corrected chi connectivity index (χ1v) is 11.6. The van der Waals surface area contributed by atoms with E-state index in [1.807, 2.05) is 0 Å². The molecular weight excluding hydrogens is 512 g/mol. The number of hydrogen-bond donors (Lipinski definition) is 1. The molecule has 11 nitrogen and oxygen atoms in total. The maximum Gasteiger partial charge on any atom is 0.359 e. The molecule has 1 amide bonds. The van der Waals surface area contributed by atoms with Crippen LogP contribution >= 0.6 is 22.9 Å². The lowest BCUT2D eigenvalue weighted by Gasteiger charge is -2.11. The summed E-state index contributed by atoms with van der Waals surface area (Å²) in [4.78, 5) is 49.9. The zero-order valence-electron chi connectivity index (χ0n) is 18.8. The third-order valence-electron chi connectivity index (χ3n) is 5.05. The van der Waals surface area contributed by atoms with Crippen molar-refractivity contribution in [3.8, 4) is 11.4 Å². The van der Waals surface area contributed by atoms with Crippen LogP contribution in [0.1, 0.15) is 27.8 Å². The number of rotatable bonds is 7. The SMILES string of the molecule is CCOC(=O)c1nn(-c2cccc(OC)c2)c(=O)c2c(NC(=O)c3cc(Cl)ccc3[N+](=O)[O-])scc12. The average Bonchev–Trinajstić information content (AvgIpc) is 3.28. The van der Waals surface area contributed by atoms with Crippen LogP contribution in [0.3, 0.4) is 0 Å². The van der Waals surface area contributed by atoms with Crippen LogP contribution in [-0.4, -0.2) is 40.3 Å². The lowest BCUT2D eigenvalue weighted by Crippen LogP contribution is -2.25. The topological polar surface area (TPSA) is 143 Å². The van der Waals surface area contributed by atoms with E-state index in [0.29, 0.717) is 11.4 Å². The van der Waals surface area contributed by atoms with E-state index in [9.17, 15) is 24.5 Å². The molecule has 1 N–H and O–H groups in total. The summed E-state index contributed by atoms with van der Waals surface area (Å²) in [6, 6.07) is 10.0. The number of carbonyl (C=O) groups excluding carboxylic acids is 2. The van der Waals surface area contributed by atoms with Crippen molar-refractivity contribution in [2.24, 2.45) is 0 Å². The van der Waals surface area contributed by atoms with Gasteiger partial charge in [-0.3, -0.25) is 19.7 Å². The van der Waals surface area contributed by atoms with Gasteiger partial charge in [0, 0.05) is 27.9 Å². The second-order valence-electron chi connectivity index (χ2n) is 7.21. The zero-order valence-corrected chi connectivity index (χ0v) is 20.4. The maximum absolute atomic E-state index is 13.5. The standard InChI is InChI=1S/C23H17ClN4O7S/c1-3-35-23(31)19-16-11-36-21(25-20(29)15-9-12(24)7-8-17(15)28(32)33)18(16)22(30)27(26-19)13-5-4-6-14(10-13)34-2/h4-11H,3H2,1-2H3,(H,25,29). The van der Waals surface area contributed by atoms with Crippen LogP contribution in [-0.2, 0) is 4.74 Å². The predicted molar refractivity (Wildman–Crippen MR) is 134 cm³/mol. The number of amides is 1. The Morgan fingerprint density at radius 2 is 2.03 bits per heavy atom. The van der Waals surface area contributed by atoms with Crippen LogP contribution in [0, 0.1) is 10.1 Å². The minimum absolute atomic E-state index is 0.0149. The first-order chi connectivity index (χ1) is 17.2. The Balaban J connectivity index is 1.90. The Labute approximate surface area is 212 Å². The number of anilines is 1. The van der Waals surface area contributed by atoms with Gasteiger partial charge in [-0.25, -0.2) is 4.79 Å². The number of nitrogens with zero attached hydrogens (tertiary/aromatic N) is 3. The summed E-state index contributed by atoms with van der Waals surface area (Å²) in [6.45, 7) is 1.71. The summed E-state index contributed by atoms with van der Waals surface area (Å²) in [5.74, 6) is -1.17. The highest BCUT2D eigenvalue weighted by Gasteiger charge is 2.26. The Morgan fingerprint density at radius 3 is 2.72 bits per heavy atom. The number of fused-ring (bicyclic) bond motifs is 1. The summed E-state index contributed by atoms with van der Waals surface area (Å²) in [6.07, 6.45) is 0. The lowest BCUT2D eigenvalue weighted by atomic mass is 10.1. The summed E-state index contributed by atoms with van der Waals surface area (Å²) >= 11 is 6.90. The van der Waals surface area contributed by atoms with E-state index in [0.717, 1.165) is 28.2 Å². The highest BCUT2D eigenvalue weighted by Crippen LogP contribution is 2.32. The van der Waals surface area contributed by atoms with E-state index in [-0.39, 0.29) is 38.7 Å². The zero-order chi connectivity index (χ0) is 26.0. The van der Waals surface area contributed by atoms with Gasteiger partial charge in [0.25, 0.3) is 17.2 Å². The Morgan fingerprint density at radius 1 is 1.25 bits per heavy atom. The number of halogens is 1. The highest BCUT2D eigenvalue weighted by molar-refractivity contribution is 7.16. The van der Waals surface area contributed by atoms with Crippen LogP contribution in [0.15, 0.2) is 52.6 Å². The van der Waals surface area contributed by atoms with Crippen LogP contribution in [0.25, 0.3) is 16.5 Å². The van der Waals surface area contributed by atoms with Crippen molar-refractivity contribution < 1.29 is 24.0 Å². The number of nitrogens with one attached hydrogen (secondary N) is 1. The number of aromatic nitrogens is 2. The molecule has 0 spiro atoms. The molecule has 36 heavy (non-hydrogen) atoms. The van der Waals surface area contributed by atoms with Crippen LogP contribution in [0.5, 0.6) is 5.75 Å². The quantitative estimate of drug-likeness (QED) is 0.210. The monoisotopic (exact) mass is 528 g/mol. The normalized spacial score (nSPS) is 10.8. The number of methoxy groups -OCH3 is 1. The molecule has 4 rings (SSSR count). The van der Waals surface area contributed by atoms with E-state index in [2.05, 4.69) is 10.4 Å². The van der Waals surface area contributed by atoms with Gasteiger partial charge in [-0.2, -0.15) is 9.78 Å². The number of hydrogen-bond acceptors (Lipinski definition) is 9. The number of benzene rings is 2. The summed E-state index contributed by atoms with van der Waals surface area (Å²) < 4.78 is 11.3. The van der Waals surface area contributed by atoms with Crippen molar-refractivity contribution in [2.75, 3.05) is 19.0 Å². The van der Waals surface area contributed by atoms with Gasteiger partial charge in [-0.1, -0.05) is 17.7 Å². The molecule has 0 saturated carbocycles. The maximum atomic E-state index is 13.5. The van der Waals surface area contributed by atoms with Crippen molar-refractivity contribution in [2.45, 2.75) is 6.92 Å². The number of esters is 1. The second kappa shape index (κ2) is 10.1. The third-order valence-corrected chi connectivity index (χ3v) is 6.18. The van der Waals surface area contributed by atoms with Crippen LogP contribution in [0.4, 0.5) is 10.7 Å². The van der Waals surface area contributed by atoms with Crippen LogP contribution in [0.2, 0.25) is 5.02 Å². The molecule has 0 fully saturated rings. The predicted octanol–water partition coefficient (Wildman–Crippen LogP) is 4.45. The van der Waals surface area contributed by atoms with Gasteiger partial charge in [0.05, 0.1) is 29.7 Å². The minimum atomic E-state index is -0.852. The minimum Gasteiger partial charge on any atom is -0.497 e. The average molecular weight is 529 g/mol. The largest absolute Gasteiger partial charge is 0.497 e. The van der Waals surface area contributed by atoms with E-state index in [1.54, 1.807) is 31.2 Å². The number of nitro groups is 1. The summed E-state index contributed by atoms with van der Waals surface area (Å²) in [5.41, 5.74) is -1.22. The summed E-state index contributed by atoms with van der Waals surface area (Å²) in [7, 11) is 1.46. The van der Waals surface area contributed by atoms with E-state index in [1.165, 1.54) is 18.6 Å². The molecule has 0 bridgehead atoms. The van der Waals surface area contributed by atoms with E-state index >= 15 is 0 Å². The highest BCUT2D eigenvalue weighted by atomic mass is 35.5. The fourth-order valence-corrected chi connectivity index (χ4v) is 4.53. The van der Waals surface area contributed by atoms with Gasteiger partial charge in [-0.05, 0) is 31.2 Å². The molecule has 13 heteroatoms. The van der Waals surface area contributed by atoms with E-state index in [4.69, 9.17) is 21.1 Å². The molecule has 0 unspecified atom stereocenters. The summed E-state index contributed by atoms with van der Waals surface area (Å²) in [5, 5.41) is 20.0. The molecule has 0 radical (unpaired) electrons. The molecule has 2 heterocycles. The Bertz CT molecular complexity index is 1580. The number of ether oxygens (including phenoxy) is 2. The molecule has 0 aliphatic heterocycles. The van der Waals surface area contributed by atoms with Crippen molar-refractivity contribution in [3.05, 3.63) is 84.6 Å². The molecule has 0 aliphatic carbocycles. The smallest absolute Gasteiger partial charge is 0.359 e. The molecule has 4 aromatic rings. The van der Waals surface area contributed by atoms with Gasteiger partial charge in [0.2, 0.25) is 0 Å². The number of carbonyl (C=O) groups is 2. The molecule has 0 atom stereocenters. The van der Waals surface area contributed by atoms with Gasteiger partial charge >= 0.3 is 5.97 Å². The molecule has 0 aliphatic rings. The third kappa shape index (κ3) is 4.63. The number of nitro benzene ring substituents is 1. The Kier molecular flexibility index (Phi) is 6.99. The first kappa shape index (κ1) is 24.8. The molecule has 2 aromatic heterocycles. The lowest BCUT2D eigenvalue weighted by molar-refractivity contribution is -0.385. The van der Waals surface area contributed by atoms with Crippen LogP contribution < -0.4 is 15.6 Å². The van der Waals surface area contributed by atoms with Gasteiger partial charge in [-0.15, -0.1) is 11.3 Å². The van der Waals surface area contributed by atoms with Crippen molar-refractivity contribution in [1.82, 2.24) is 9.78 Å². The fraction of sp³-hybridized carbons (Fsp3) is 0.130. The van der Waals surface area contributed by atoms with Gasteiger partial charge in [0.1, 0.15) is 16.3 Å². The molecule has 184 valence electrons. The van der Waals surface area contributed by atoms with Crippen molar-refractivity contribution in [1.29, 1.82) is 0 Å². The first-order valence-electron chi connectivity index (χ1n) is 10.4. The van der Waals surface area contributed by atoms with Crippen molar-refractivity contribution >= 4 is 56.3 Å². The molecule has 0 saturated heterocycles. The van der Waals surface area contributed by atoms with Crippen molar-refractivity contribution in [3.63, 3.8) is 0 Å². The Hall–Kier alpha value is -4.29. The van der Waals surface area contributed by atoms with Gasteiger partial charge in [0.15, 0.2) is 5.69 Å². The second-order valence-corrected chi connectivity index (χ2v) is 8.53. The fourth-order valence-electron chi connectivity index (χ4n) is 3.43. The molecular formula is C23H17ClN4O7S. The number of thiophene rings is 1. The van der Waals surface area contributed by atoms with Gasteiger partial charge < -0.3 is 14.8 Å². The molecule has 2 aromatic carbocycles.